The molecule has 0 heterocycles. The predicted octanol–water partition coefficient (Wildman–Crippen LogP) is 13.5. The Morgan fingerprint density at radius 1 is 0.525 bits per heavy atom. The molecule has 0 spiro atoms. The number of carbonyl (C=O) groups excluding carboxylic acids is 1. The summed E-state index contributed by atoms with van der Waals surface area (Å²) in [7, 11) is 0. The summed E-state index contributed by atoms with van der Waals surface area (Å²) in [6.45, 7) is 7.58. The fourth-order valence-corrected chi connectivity index (χ4v) is 5.51. The summed E-state index contributed by atoms with van der Waals surface area (Å²) in [6, 6.07) is 0. The van der Waals surface area contributed by atoms with E-state index in [1.165, 1.54) is 167 Å². The lowest BCUT2D eigenvalue weighted by Gasteiger charge is -2.07. The highest BCUT2D eigenvalue weighted by Gasteiger charge is 2.03. The standard InChI is InChI=1S/C38H74O2/c1-4-6-7-8-9-10-19-23-26-29-32-35-38(39)40-36-33-30-27-24-21-18-16-14-12-11-13-15-17-20-22-25-28-31-34-37(3)5-2/h8-9,37H,4-7,10-36H2,1-3H3. The van der Waals surface area contributed by atoms with E-state index in [2.05, 4.69) is 32.9 Å². The average molecular weight is 563 g/mol. The Morgan fingerprint density at radius 3 is 1.40 bits per heavy atom. The molecular formula is C38H74O2. The van der Waals surface area contributed by atoms with Crippen molar-refractivity contribution in [3.05, 3.63) is 12.2 Å². The minimum absolute atomic E-state index is 0.0155. The Kier molecular flexibility index (Phi) is 33.7. The zero-order valence-electron chi connectivity index (χ0n) is 28.0. The third-order valence-corrected chi connectivity index (χ3v) is 8.69. The molecular weight excluding hydrogens is 488 g/mol. The van der Waals surface area contributed by atoms with Gasteiger partial charge in [-0.1, -0.05) is 187 Å². The molecule has 2 heteroatoms. The van der Waals surface area contributed by atoms with Crippen LogP contribution in [0, 0.1) is 5.92 Å². The molecule has 0 radical (unpaired) electrons. The van der Waals surface area contributed by atoms with Crippen molar-refractivity contribution in [2.45, 2.75) is 213 Å². The quantitative estimate of drug-likeness (QED) is 0.0451. The second-order valence-electron chi connectivity index (χ2n) is 12.8. The first-order valence-electron chi connectivity index (χ1n) is 18.5. The molecule has 0 fully saturated rings. The summed E-state index contributed by atoms with van der Waals surface area (Å²) in [4.78, 5) is 11.9. The van der Waals surface area contributed by atoms with Crippen LogP contribution in [0.15, 0.2) is 12.2 Å². The fraction of sp³-hybridized carbons (Fsp3) is 0.921. The van der Waals surface area contributed by atoms with Gasteiger partial charge in [-0.25, -0.2) is 0 Å². The molecule has 0 bridgehead atoms. The van der Waals surface area contributed by atoms with Crippen LogP contribution in [-0.4, -0.2) is 12.6 Å². The number of hydrogen-bond donors (Lipinski definition) is 0. The summed E-state index contributed by atoms with van der Waals surface area (Å²) in [5.41, 5.74) is 0. The van der Waals surface area contributed by atoms with E-state index in [9.17, 15) is 4.79 Å². The lowest BCUT2D eigenvalue weighted by Crippen LogP contribution is -2.05. The molecule has 0 amide bonds. The van der Waals surface area contributed by atoms with Gasteiger partial charge in [0.1, 0.15) is 0 Å². The Hall–Kier alpha value is -0.790. The zero-order chi connectivity index (χ0) is 29.2. The SMILES string of the molecule is CCCCC=CCCCCCCCC(=O)OCCCCCCCCCCCCCCCCCCCCC(C)CC. The molecule has 0 saturated heterocycles. The van der Waals surface area contributed by atoms with Crippen LogP contribution < -0.4 is 0 Å². The van der Waals surface area contributed by atoms with E-state index in [1.54, 1.807) is 0 Å². The number of carbonyl (C=O) groups is 1. The van der Waals surface area contributed by atoms with Gasteiger partial charge < -0.3 is 4.74 Å². The average Bonchev–Trinajstić information content (AvgIpc) is 2.96. The molecule has 238 valence electrons. The van der Waals surface area contributed by atoms with Crippen LogP contribution in [0.1, 0.15) is 213 Å². The van der Waals surface area contributed by atoms with E-state index in [1.807, 2.05) is 0 Å². The highest BCUT2D eigenvalue weighted by atomic mass is 16.5. The van der Waals surface area contributed by atoms with Gasteiger partial charge in [0.25, 0.3) is 0 Å². The van der Waals surface area contributed by atoms with Crippen molar-refractivity contribution in [1.82, 2.24) is 0 Å². The monoisotopic (exact) mass is 563 g/mol. The molecule has 0 aromatic heterocycles. The molecule has 0 saturated carbocycles. The highest BCUT2D eigenvalue weighted by Crippen LogP contribution is 2.16. The van der Waals surface area contributed by atoms with Crippen molar-refractivity contribution >= 4 is 5.97 Å². The normalized spacial score (nSPS) is 12.4. The molecule has 0 aromatic carbocycles. The maximum Gasteiger partial charge on any atom is 0.305 e. The van der Waals surface area contributed by atoms with Gasteiger partial charge in [0.15, 0.2) is 0 Å². The van der Waals surface area contributed by atoms with Crippen LogP contribution in [0.25, 0.3) is 0 Å². The summed E-state index contributed by atoms with van der Waals surface area (Å²) in [5, 5.41) is 0. The van der Waals surface area contributed by atoms with Gasteiger partial charge in [-0.15, -0.1) is 0 Å². The zero-order valence-corrected chi connectivity index (χ0v) is 28.0. The van der Waals surface area contributed by atoms with Gasteiger partial charge in [0, 0.05) is 6.42 Å². The van der Waals surface area contributed by atoms with E-state index in [0.29, 0.717) is 13.0 Å². The van der Waals surface area contributed by atoms with Crippen molar-refractivity contribution < 1.29 is 9.53 Å². The summed E-state index contributed by atoms with van der Waals surface area (Å²) >= 11 is 0. The number of esters is 1. The molecule has 0 aliphatic heterocycles. The predicted molar refractivity (Wildman–Crippen MR) is 179 cm³/mol. The number of rotatable bonds is 33. The number of hydrogen-bond acceptors (Lipinski definition) is 2. The minimum Gasteiger partial charge on any atom is -0.466 e. The van der Waals surface area contributed by atoms with Crippen molar-refractivity contribution in [2.75, 3.05) is 6.61 Å². The number of ether oxygens (including phenoxy) is 1. The molecule has 0 aliphatic rings. The maximum absolute atomic E-state index is 11.9. The lowest BCUT2D eigenvalue weighted by molar-refractivity contribution is -0.143. The third kappa shape index (κ3) is 33.4. The number of unbranched alkanes of at least 4 members (excludes halogenated alkanes) is 24. The molecule has 0 aliphatic carbocycles. The first kappa shape index (κ1) is 39.2. The maximum atomic E-state index is 11.9. The molecule has 1 atom stereocenters. The van der Waals surface area contributed by atoms with Gasteiger partial charge in [0.2, 0.25) is 0 Å². The smallest absolute Gasteiger partial charge is 0.305 e. The Morgan fingerprint density at radius 2 is 0.925 bits per heavy atom. The van der Waals surface area contributed by atoms with Gasteiger partial charge in [-0.3, -0.25) is 4.79 Å². The van der Waals surface area contributed by atoms with Gasteiger partial charge in [0.05, 0.1) is 6.61 Å². The summed E-state index contributed by atoms with van der Waals surface area (Å²) in [6.07, 6.45) is 44.2. The minimum atomic E-state index is 0.0155. The topological polar surface area (TPSA) is 26.3 Å². The van der Waals surface area contributed by atoms with Gasteiger partial charge in [-0.2, -0.15) is 0 Å². The van der Waals surface area contributed by atoms with Gasteiger partial charge in [-0.05, 0) is 38.0 Å². The van der Waals surface area contributed by atoms with Crippen LogP contribution in [0.3, 0.4) is 0 Å². The van der Waals surface area contributed by atoms with E-state index >= 15 is 0 Å². The molecule has 0 rings (SSSR count). The molecule has 0 aromatic rings. The second-order valence-corrected chi connectivity index (χ2v) is 12.8. The lowest BCUT2D eigenvalue weighted by atomic mass is 9.99. The van der Waals surface area contributed by atoms with Gasteiger partial charge >= 0.3 is 5.97 Å². The second kappa shape index (κ2) is 34.4. The first-order valence-corrected chi connectivity index (χ1v) is 18.5. The largest absolute Gasteiger partial charge is 0.466 e. The molecule has 1 unspecified atom stereocenters. The van der Waals surface area contributed by atoms with Crippen LogP contribution >= 0.6 is 0 Å². The Labute approximate surface area is 253 Å². The first-order chi connectivity index (χ1) is 19.7. The van der Waals surface area contributed by atoms with Crippen LogP contribution in [0.2, 0.25) is 0 Å². The summed E-state index contributed by atoms with van der Waals surface area (Å²) in [5.74, 6) is 0.948. The third-order valence-electron chi connectivity index (χ3n) is 8.69. The van der Waals surface area contributed by atoms with Crippen molar-refractivity contribution in [2.24, 2.45) is 5.92 Å². The van der Waals surface area contributed by atoms with Crippen LogP contribution in [-0.2, 0) is 9.53 Å². The van der Waals surface area contributed by atoms with E-state index in [-0.39, 0.29) is 5.97 Å². The highest BCUT2D eigenvalue weighted by molar-refractivity contribution is 5.69. The van der Waals surface area contributed by atoms with Crippen molar-refractivity contribution in [3.8, 4) is 0 Å². The van der Waals surface area contributed by atoms with Crippen molar-refractivity contribution in [1.29, 1.82) is 0 Å². The Balaban J connectivity index is 3.16. The van der Waals surface area contributed by atoms with Crippen LogP contribution in [0.5, 0.6) is 0 Å². The number of allylic oxidation sites excluding steroid dienone is 2. The molecule has 40 heavy (non-hydrogen) atoms. The van der Waals surface area contributed by atoms with Crippen LogP contribution in [0.4, 0.5) is 0 Å². The van der Waals surface area contributed by atoms with E-state index in [0.717, 1.165) is 25.2 Å². The molecule has 2 nitrogen and oxygen atoms in total. The fourth-order valence-electron chi connectivity index (χ4n) is 5.51. The van der Waals surface area contributed by atoms with E-state index in [4.69, 9.17) is 4.74 Å². The van der Waals surface area contributed by atoms with E-state index < -0.39 is 0 Å². The Bertz CT molecular complexity index is 512. The van der Waals surface area contributed by atoms with Crippen molar-refractivity contribution in [3.63, 3.8) is 0 Å². The molecule has 0 N–H and O–H groups in total. The summed E-state index contributed by atoms with van der Waals surface area (Å²) < 4.78 is 5.43.